The molecule has 0 radical (unpaired) electrons. The summed E-state index contributed by atoms with van der Waals surface area (Å²) >= 11 is 0. The molecule has 1 aliphatic rings. The molecular weight excluding hydrogens is 432 g/mol. The molecule has 0 spiro atoms. The number of morpholine rings is 1. The van der Waals surface area contributed by atoms with Crippen molar-refractivity contribution in [1.82, 2.24) is 24.3 Å². The van der Waals surface area contributed by atoms with Crippen LogP contribution < -0.4 is 5.32 Å². The number of hydrogen-bond donors (Lipinski definition) is 2. The minimum absolute atomic E-state index is 0.0451. The molecule has 4 heterocycles. The summed E-state index contributed by atoms with van der Waals surface area (Å²) in [5, 5.41) is 2.64. The van der Waals surface area contributed by atoms with E-state index in [1.54, 1.807) is 36.5 Å². The highest BCUT2D eigenvalue weighted by atomic mass is 32.2. The number of nitrogens with one attached hydrogen (secondary N) is 2. The molecule has 3 aromatic heterocycles. The van der Waals surface area contributed by atoms with Gasteiger partial charge in [0.2, 0.25) is 15.0 Å². The van der Waals surface area contributed by atoms with Gasteiger partial charge in [-0.15, -0.1) is 0 Å². The number of rotatable bonds is 5. The largest absolute Gasteiger partial charge is 0.379 e. The Morgan fingerprint density at radius 1 is 1.19 bits per heavy atom. The number of carbonyl (C=O) groups excluding carboxylic acids is 1. The molecule has 1 aliphatic heterocycles. The van der Waals surface area contributed by atoms with Gasteiger partial charge in [0.15, 0.2) is 5.69 Å². The number of hydrogen-bond acceptors (Lipinski definition) is 7. The minimum atomic E-state index is -3.61. The van der Waals surface area contributed by atoms with E-state index in [9.17, 15) is 13.2 Å². The van der Waals surface area contributed by atoms with Crippen molar-refractivity contribution in [2.75, 3.05) is 37.9 Å². The van der Waals surface area contributed by atoms with Crippen molar-refractivity contribution in [2.24, 2.45) is 0 Å². The van der Waals surface area contributed by atoms with Crippen LogP contribution in [0.4, 0.5) is 5.69 Å². The SMILES string of the molecule is CS(=O)(=O)c1nc(C(=O)Nc2ccc3nc(CN4CCOCC4)[nH]c3c2)c2ccccn12. The van der Waals surface area contributed by atoms with E-state index < -0.39 is 15.7 Å². The number of benzene rings is 1. The summed E-state index contributed by atoms with van der Waals surface area (Å²) in [5.41, 5.74) is 2.63. The molecule has 10 nitrogen and oxygen atoms in total. The van der Waals surface area contributed by atoms with Crippen LogP contribution in [-0.4, -0.2) is 71.1 Å². The molecule has 11 heteroatoms. The van der Waals surface area contributed by atoms with E-state index in [1.807, 2.05) is 6.07 Å². The van der Waals surface area contributed by atoms with E-state index in [-0.39, 0.29) is 10.9 Å². The summed E-state index contributed by atoms with van der Waals surface area (Å²) in [6.45, 7) is 3.88. The number of fused-ring (bicyclic) bond motifs is 2. The first kappa shape index (κ1) is 20.6. The molecule has 32 heavy (non-hydrogen) atoms. The zero-order valence-electron chi connectivity index (χ0n) is 17.4. The third-order valence-corrected chi connectivity index (χ3v) is 6.28. The molecule has 0 saturated carbocycles. The monoisotopic (exact) mass is 454 g/mol. The van der Waals surface area contributed by atoms with E-state index in [0.29, 0.717) is 17.7 Å². The van der Waals surface area contributed by atoms with Crippen LogP contribution in [0.15, 0.2) is 47.8 Å². The average molecular weight is 455 g/mol. The van der Waals surface area contributed by atoms with Crippen molar-refractivity contribution in [3.05, 3.63) is 54.1 Å². The average Bonchev–Trinajstić information content (AvgIpc) is 3.35. The molecule has 0 atom stereocenters. The molecule has 0 unspecified atom stereocenters. The normalized spacial score (nSPS) is 15.4. The van der Waals surface area contributed by atoms with Crippen molar-refractivity contribution in [3.8, 4) is 0 Å². The number of nitrogens with zero attached hydrogens (tertiary/aromatic N) is 4. The van der Waals surface area contributed by atoms with Gasteiger partial charge in [-0.3, -0.25) is 14.1 Å². The van der Waals surface area contributed by atoms with Crippen LogP contribution in [0, 0.1) is 0 Å². The van der Waals surface area contributed by atoms with Gasteiger partial charge in [0.1, 0.15) is 5.82 Å². The van der Waals surface area contributed by atoms with Crippen LogP contribution in [-0.2, 0) is 21.1 Å². The van der Waals surface area contributed by atoms with Gasteiger partial charge in [-0.05, 0) is 30.3 Å². The Balaban J connectivity index is 1.40. The molecular formula is C21H22N6O4S. The Kier molecular flexibility index (Phi) is 5.16. The zero-order valence-corrected chi connectivity index (χ0v) is 18.2. The smallest absolute Gasteiger partial charge is 0.276 e. The lowest BCUT2D eigenvalue weighted by Crippen LogP contribution is -2.35. The summed E-state index contributed by atoms with van der Waals surface area (Å²) in [6, 6.07) is 10.5. The molecule has 0 bridgehead atoms. The van der Waals surface area contributed by atoms with Gasteiger partial charge < -0.3 is 15.0 Å². The lowest BCUT2D eigenvalue weighted by atomic mass is 10.2. The first-order valence-electron chi connectivity index (χ1n) is 10.2. The fraction of sp³-hybridized carbons (Fsp3) is 0.286. The maximum Gasteiger partial charge on any atom is 0.276 e. The van der Waals surface area contributed by atoms with E-state index in [0.717, 1.165) is 49.4 Å². The maximum absolute atomic E-state index is 12.9. The number of aromatic amines is 1. The Bertz CT molecular complexity index is 1420. The van der Waals surface area contributed by atoms with Gasteiger partial charge in [0, 0.05) is 31.2 Å². The van der Waals surface area contributed by atoms with Crippen LogP contribution >= 0.6 is 0 Å². The molecule has 0 aliphatic carbocycles. The summed E-state index contributed by atoms with van der Waals surface area (Å²) in [4.78, 5) is 27.3. The predicted octanol–water partition coefficient (Wildman–Crippen LogP) is 1.70. The third-order valence-electron chi connectivity index (χ3n) is 5.33. The van der Waals surface area contributed by atoms with E-state index in [4.69, 9.17) is 4.74 Å². The molecule has 1 amide bonds. The number of sulfone groups is 1. The van der Waals surface area contributed by atoms with Crippen LogP contribution in [0.1, 0.15) is 16.3 Å². The van der Waals surface area contributed by atoms with Crippen LogP contribution in [0.2, 0.25) is 0 Å². The summed E-state index contributed by atoms with van der Waals surface area (Å²) in [7, 11) is -3.61. The van der Waals surface area contributed by atoms with Gasteiger partial charge in [0.05, 0.1) is 36.3 Å². The summed E-state index contributed by atoms with van der Waals surface area (Å²) in [5.74, 6) is 0.360. The lowest BCUT2D eigenvalue weighted by Gasteiger charge is -2.25. The molecule has 1 fully saturated rings. The quantitative estimate of drug-likeness (QED) is 0.471. The van der Waals surface area contributed by atoms with Crippen molar-refractivity contribution >= 4 is 38.0 Å². The van der Waals surface area contributed by atoms with Gasteiger partial charge in [0.25, 0.3) is 5.91 Å². The second-order valence-electron chi connectivity index (χ2n) is 7.73. The minimum Gasteiger partial charge on any atom is -0.379 e. The maximum atomic E-state index is 12.9. The summed E-state index contributed by atoms with van der Waals surface area (Å²) in [6.07, 6.45) is 2.64. The number of amides is 1. The number of anilines is 1. The second kappa shape index (κ2) is 8.01. The Morgan fingerprint density at radius 3 is 2.78 bits per heavy atom. The number of pyridine rings is 1. The molecule has 2 N–H and O–H groups in total. The Hall–Kier alpha value is -3.28. The topological polar surface area (TPSA) is 122 Å². The van der Waals surface area contributed by atoms with E-state index >= 15 is 0 Å². The van der Waals surface area contributed by atoms with Gasteiger partial charge >= 0.3 is 0 Å². The highest BCUT2D eigenvalue weighted by molar-refractivity contribution is 7.90. The fourth-order valence-corrected chi connectivity index (χ4v) is 4.59. The third kappa shape index (κ3) is 3.97. The molecule has 5 rings (SSSR count). The first-order chi connectivity index (χ1) is 15.4. The summed E-state index contributed by atoms with van der Waals surface area (Å²) < 4.78 is 31.0. The van der Waals surface area contributed by atoms with Crippen molar-refractivity contribution in [1.29, 1.82) is 0 Å². The molecule has 1 saturated heterocycles. The van der Waals surface area contributed by atoms with Gasteiger partial charge in [-0.2, -0.15) is 0 Å². The lowest BCUT2D eigenvalue weighted by molar-refractivity contribution is 0.0332. The van der Waals surface area contributed by atoms with Crippen LogP contribution in [0.5, 0.6) is 0 Å². The number of carbonyl (C=O) groups is 1. The zero-order chi connectivity index (χ0) is 22.3. The van der Waals surface area contributed by atoms with Gasteiger partial charge in [-0.25, -0.2) is 18.4 Å². The number of ether oxygens (including phenoxy) is 1. The molecule has 166 valence electrons. The number of H-pyrrole nitrogens is 1. The highest BCUT2D eigenvalue weighted by Crippen LogP contribution is 2.21. The highest BCUT2D eigenvalue weighted by Gasteiger charge is 2.23. The molecule has 4 aromatic rings. The number of aromatic nitrogens is 4. The Morgan fingerprint density at radius 2 is 2.00 bits per heavy atom. The first-order valence-corrected chi connectivity index (χ1v) is 12.0. The standard InChI is InChI=1S/C21H22N6O4S/c1-32(29,30)21-25-19(17-4-2-3-7-27(17)21)20(28)22-14-5-6-15-16(12-14)24-18(23-15)13-26-8-10-31-11-9-26/h2-7,12H,8-11,13H2,1H3,(H,22,28)(H,23,24). The van der Waals surface area contributed by atoms with E-state index in [1.165, 1.54) is 4.40 Å². The van der Waals surface area contributed by atoms with Crippen molar-refractivity contribution < 1.29 is 17.9 Å². The predicted molar refractivity (Wildman–Crippen MR) is 118 cm³/mol. The fourth-order valence-electron chi connectivity index (χ4n) is 3.81. The van der Waals surface area contributed by atoms with Crippen LogP contribution in [0.25, 0.3) is 16.6 Å². The van der Waals surface area contributed by atoms with Gasteiger partial charge in [-0.1, -0.05) is 6.07 Å². The Labute approximate surface area is 184 Å². The van der Waals surface area contributed by atoms with E-state index in [2.05, 4.69) is 25.2 Å². The molecule has 1 aromatic carbocycles. The number of imidazole rings is 2. The van der Waals surface area contributed by atoms with Crippen molar-refractivity contribution in [2.45, 2.75) is 11.7 Å². The van der Waals surface area contributed by atoms with Crippen molar-refractivity contribution in [3.63, 3.8) is 0 Å². The van der Waals surface area contributed by atoms with Crippen LogP contribution in [0.3, 0.4) is 0 Å². The second-order valence-corrected chi connectivity index (χ2v) is 9.64.